The van der Waals surface area contributed by atoms with Crippen LogP contribution in [0.3, 0.4) is 0 Å². The van der Waals surface area contributed by atoms with Gasteiger partial charge in [0.15, 0.2) is 0 Å². The minimum Gasteiger partial charge on any atom is -0.479 e. The third-order valence-corrected chi connectivity index (χ3v) is 5.15. The van der Waals surface area contributed by atoms with Gasteiger partial charge in [0.2, 0.25) is 0 Å². The summed E-state index contributed by atoms with van der Waals surface area (Å²) >= 11 is 0. The molecule has 2 saturated heterocycles. The van der Waals surface area contributed by atoms with Crippen molar-refractivity contribution in [1.82, 2.24) is 14.7 Å². The number of likely N-dealkylation sites (tertiary alicyclic amines) is 2. The zero-order valence-corrected chi connectivity index (χ0v) is 13.3. The van der Waals surface area contributed by atoms with Gasteiger partial charge in [-0.25, -0.2) is 9.59 Å². The number of amides is 2. The molecule has 6 nitrogen and oxygen atoms in total. The fourth-order valence-electron chi connectivity index (χ4n) is 3.70. The summed E-state index contributed by atoms with van der Waals surface area (Å²) in [6, 6.07) is 0.0530. The summed E-state index contributed by atoms with van der Waals surface area (Å²) < 4.78 is 0. The molecule has 0 radical (unpaired) electrons. The number of likely N-dealkylation sites (N-methyl/N-ethyl adjacent to an activating group) is 2. The topological polar surface area (TPSA) is 64.1 Å². The summed E-state index contributed by atoms with van der Waals surface area (Å²) in [6.45, 7) is 4.33. The Labute approximate surface area is 126 Å². The number of hydrogen-bond donors (Lipinski definition) is 1. The second kappa shape index (κ2) is 6.22. The summed E-state index contributed by atoms with van der Waals surface area (Å²) in [5.41, 5.74) is -1.01. The largest absolute Gasteiger partial charge is 0.479 e. The Morgan fingerprint density at radius 3 is 2.62 bits per heavy atom. The van der Waals surface area contributed by atoms with Crippen molar-refractivity contribution in [1.29, 1.82) is 0 Å². The minimum absolute atomic E-state index is 0.128. The first-order valence-corrected chi connectivity index (χ1v) is 7.88. The van der Waals surface area contributed by atoms with Gasteiger partial charge >= 0.3 is 12.0 Å². The molecule has 2 heterocycles. The Morgan fingerprint density at radius 1 is 1.33 bits per heavy atom. The number of urea groups is 1. The van der Waals surface area contributed by atoms with Crippen LogP contribution in [0.2, 0.25) is 0 Å². The molecule has 1 N–H and O–H groups in total. The van der Waals surface area contributed by atoms with E-state index in [1.807, 2.05) is 14.0 Å². The number of aliphatic carboxylic acids is 1. The van der Waals surface area contributed by atoms with Gasteiger partial charge in [-0.3, -0.25) is 0 Å². The van der Waals surface area contributed by atoms with Crippen molar-refractivity contribution in [2.24, 2.45) is 0 Å². The molecule has 2 unspecified atom stereocenters. The van der Waals surface area contributed by atoms with E-state index in [-0.39, 0.29) is 12.1 Å². The van der Waals surface area contributed by atoms with Gasteiger partial charge in [0, 0.05) is 26.2 Å². The van der Waals surface area contributed by atoms with Crippen LogP contribution in [-0.2, 0) is 4.79 Å². The number of carboxylic acid groups (broad SMARTS) is 1. The maximum absolute atomic E-state index is 12.8. The van der Waals surface area contributed by atoms with Crippen molar-refractivity contribution in [3.8, 4) is 0 Å². The normalized spacial score (nSPS) is 30.4. The van der Waals surface area contributed by atoms with E-state index in [0.717, 1.165) is 32.4 Å². The van der Waals surface area contributed by atoms with Gasteiger partial charge in [-0.2, -0.15) is 0 Å². The molecule has 0 aliphatic carbocycles. The van der Waals surface area contributed by atoms with Crippen LogP contribution in [-0.4, -0.2) is 77.1 Å². The number of carbonyl (C=O) groups excluding carboxylic acids is 1. The zero-order valence-electron chi connectivity index (χ0n) is 13.3. The van der Waals surface area contributed by atoms with Gasteiger partial charge in [0.1, 0.15) is 5.54 Å². The molecule has 2 amide bonds. The summed E-state index contributed by atoms with van der Waals surface area (Å²) in [5.74, 6) is -0.870. The van der Waals surface area contributed by atoms with Crippen LogP contribution in [0.4, 0.5) is 4.79 Å². The summed E-state index contributed by atoms with van der Waals surface area (Å²) in [5, 5.41) is 9.60. The van der Waals surface area contributed by atoms with E-state index >= 15 is 0 Å². The average Bonchev–Trinajstić information content (AvgIpc) is 2.90. The Hall–Kier alpha value is -1.30. The molecule has 0 aromatic heterocycles. The zero-order chi connectivity index (χ0) is 15.6. The van der Waals surface area contributed by atoms with Crippen molar-refractivity contribution in [3.05, 3.63) is 0 Å². The van der Waals surface area contributed by atoms with Crippen LogP contribution in [0.5, 0.6) is 0 Å². The molecular formula is C15H27N3O3. The molecule has 2 rings (SSSR count). The lowest BCUT2D eigenvalue weighted by molar-refractivity contribution is -0.148. The second-order valence-electron chi connectivity index (χ2n) is 6.40. The summed E-state index contributed by atoms with van der Waals surface area (Å²) in [4.78, 5) is 30.1. The van der Waals surface area contributed by atoms with E-state index in [2.05, 4.69) is 11.9 Å². The van der Waals surface area contributed by atoms with Gasteiger partial charge in [0.05, 0.1) is 0 Å². The van der Waals surface area contributed by atoms with Crippen molar-refractivity contribution in [2.75, 3.05) is 33.7 Å². The smallest absolute Gasteiger partial charge is 0.329 e. The van der Waals surface area contributed by atoms with E-state index in [9.17, 15) is 14.7 Å². The molecule has 0 saturated carbocycles. The first-order valence-electron chi connectivity index (χ1n) is 7.88. The molecule has 2 aliphatic rings. The Morgan fingerprint density at radius 2 is 2.05 bits per heavy atom. The number of carboxylic acids is 1. The van der Waals surface area contributed by atoms with Crippen molar-refractivity contribution >= 4 is 12.0 Å². The average molecular weight is 297 g/mol. The van der Waals surface area contributed by atoms with E-state index in [0.29, 0.717) is 19.4 Å². The summed E-state index contributed by atoms with van der Waals surface area (Å²) in [7, 11) is 3.88. The number of hydrogen-bond acceptors (Lipinski definition) is 3. The predicted octanol–water partition coefficient (Wildman–Crippen LogP) is 1.46. The first-order chi connectivity index (χ1) is 9.92. The molecule has 0 aromatic rings. The Balaban J connectivity index is 2.12. The highest BCUT2D eigenvalue weighted by molar-refractivity contribution is 5.87. The minimum atomic E-state index is -1.01. The van der Waals surface area contributed by atoms with Crippen LogP contribution in [0.25, 0.3) is 0 Å². The first kappa shape index (κ1) is 16.1. The molecule has 6 heteroatoms. The lowest BCUT2D eigenvalue weighted by atomic mass is 9.93. The highest BCUT2D eigenvalue weighted by Gasteiger charge is 2.49. The molecule has 0 spiro atoms. The van der Waals surface area contributed by atoms with Crippen LogP contribution in [0.1, 0.15) is 39.0 Å². The molecule has 21 heavy (non-hydrogen) atoms. The van der Waals surface area contributed by atoms with Gasteiger partial charge < -0.3 is 19.8 Å². The van der Waals surface area contributed by atoms with Crippen molar-refractivity contribution in [3.63, 3.8) is 0 Å². The molecule has 0 bridgehead atoms. The van der Waals surface area contributed by atoms with E-state index in [4.69, 9.17) is 0 Å². The standard InChI is InChI=1S/C15H27N3O3/c1-4-15(13(19)20)8-6-10-18(15)14(21)17(3)12-7-5-9-16(2)11-12/h12H,4-11H2,1-3H3,(H,19,20). The maximum atomic E-state index is 12.8. The number of carbonyl (C=O) groups is 2. The lowest BCUT2D eigenvalue weighted by Gasteiger charge is -2.41. The van der Waals surface area contributed by atoms with Gasteiger partial charge in [-0.05, 0) is 45.7 Å². The summed E-state index contributed by atoms with van der Waals surface area (Å²) in [6.07, 6.45) is 3.86. The third-order valence-electron chi connectivity index (χ3n) is 5.15. The second-order valence-corrected chi connectivity index (χ2v) is 6.40. The SMILES string of the molecule is CCC1(C(=O)O)CCCN1C(=O)N(C)C1CCCN(C)C1. The fourth-order valence-corrected chi connectivity index (χ4v) is 3.70. The van der Waals surface area contributed by atoms with E-state index in [1.54, 1.807) is 9.80 Å². The van der Waals surface area contributed by atoms with Crippen molar-refractivity contribution < 1.29 is 14.7 Å². The number of piperidine rings is 1. The third kappa shape index (κ3) is 2.86. The highest BCUT2D eigenvalue weighted by atomic mass is 16.4. The quantitative estimate of drug-likeness (QED) is 0.856. The molecule has 2 aliphatic heterocycles. The Bertz CT molecular complexity index is 415. The lowest BCUT2D eigenvalue weighted by Crippen LogP contribution is -2.58. The monoisotopic (exact) mass is 297 g/mol. The molecule has 2 atom stereocenters. The number of nitrogens with zero attached hydrogens (tertiary/aromatic N) is 3. The van der Waals surface area contributed by atoms with Crippen LogP contribution in [0, 0.1) is 0 Å². The van der Waals surface area contributed by atoms with Crippen LogP contribution in [0.15, 0.2) is 0 Å². The highest BCUT2D eigenvalue weighted by Crippen LogP contribution is 2.34. The Kier molecular flexibility index (Phi) is 4.76. The molecular weight excluding hydrogens is 270 g/mol. The van der Waals surface area contributed by atoms with Gasteiger partial charge in [-0.15, -0.1) is 0 Å². The van der Waals surface area contributed by atoms with E-state index in [1.165, 1.54) is 0 Å². The molecule has 2 fully saturated rings. The van der Waals surface area contributed by atoms with Gasteiger partial charge in [0.25, 0.3) is 0 Å². The predicted molar refractivity (Wildman–Crippen MR) is 80.3 cm³/mol. The van der Waals surface area contributed by atoms with Crippen molar-refractivity contribution in [2.45, 2.75) is 50.6 Å². The van der Waals surface area contributed by atoms with Crippen LogP contribution < -0.4 is 0 Å². The molecule has 120 valence electrons. The van der Waals surface area contributed by atoms with E-state index < -0.39 is 11.5 Å². The number of rotatable bonds is 3. The molecule has 0 aromatic carbocycles. The van der Waals surface area contributed by atoms with Crippen LogP contribution >= 0.6 is 0 Å². The maximum Gasteiger partial charge on any atom is 0.329 e. The van der Waals surface area contributed by atoms with Gasteiger partial charge in [-0.1, -0.05) is 6.92 Å². The fraction of sp³-hybridized carbons (Fsp3) is 0.867.